The number of aromatic nitrogens is 2. The molecule has 3 rings (SSSR count). The van der Waals surface area contributed by atoms with Crippen LogP contribution in [0.3, 0.4) is 0 Å². The van der Waals surface area contributed by atoms with Gasteiger partial charge in [-0.15, -0.1) is 0 Å². The lowest BCUT2D eigenvalue weighted by Crippen LogP contribution is -2.40. The maximum atomic E-state index is 13.0. The van der Waals surface area contributed by atoms with Gasteiger partial charge >= 0.3 is 0 Å². The molecule has 0 aliphatic rings. The van der Waals surface area contributed by atoms with E-state index in [0.29, 0.717) is 18.2 Å². The van der Waals surface area contributed by atoms with E-state index >= 15 is 0 Å². The van der Waals surface area contributed by atoms with Crippen LogP contribution in [-0.4, -0.2) is 70.3 Å². The van der Waals surface area contributed by atoms with Gasteiger partial charge in [-0.3, -0.25) is 4.79 Å². The minimum atomic E-state index is -1.53. The number of carbonyl (C=O) groups is 1. The van der Waals surface area contributed by atoms with Gasteiger partial charge < -0.3 is 34.2 Å². The van der Waals surface area contributed by atoms with E-state index in [2.05, 4.69) is 63.7 Å². The van der Waals surface area contributed by atoms with Crippen molar-refractivity contribution in [3.63, 3.8) is 0 Å². The summed E-state index contributed by atoms with van der Waals surface area (Å²) in [5, 5.41) is 7.20. The molecular weight excluding hydrogens is 502 g/mol. The van der Waals surface area contributed by atoms with Crippen LogP contribution in [0.2, 0.25) is 19.1 Å². The molecule has 0 saturated heterocycles. The maximum Gasteiger partial charge on any atom is 0.291 e. The largest absolute Gasteiger partial charge is 0.479 e. The molecule has 206 valence electrons. The van der Waals surface area contributed by atoms with Crippen LogP contribution in [0.1, 0.15) is 29.5 Å². The van der Waals surface area contributed by atoms with Crippen molar-refractivity contribution in [1.82, 2.24) is 14.9 Å². The number of aryl methyl sites for hydroxylation is 1. The van der Waals surface area contributed by atoms with Gasteiger partial charge in [-0.1, -0.05) is 43.4 Å². The van der Waals surface area contributed by atoms with Crippen molar-refractivity contribution in [2.24, 2.45) is 0 Å². The van der Waals surface area contributed by atoms with Crippen LogP contribution in [0.15, 0.2) is 34.7 Å². The Labute approximate surface area is 225 Å². The van der Waals surface area contributed by atoms with E-state index in [1.807, 2.05) is 21.0 Å². The van der Waals surface area contributed by atoms with Crippen LogP contribution >= 0.6 is 0 Å². The number of ether oxygens (including phenoxy) is 3. The minimum Gasteiger partial charge on any atom is -0.479 e. The highest BCUT2D eigenvalue weighted by Crippen LogP contribution is 2.33. The topological polar surface area (TPSA) is 111 Å². The van der Waals surface area contributed by atoms with Crippen LogP contribution in [0.25, 0.3) is 0 Å². The van der Waals surface area contributed by atoms with Crippen molar-refractivity contribution in [3.05, 3.63) is 41.7 Å². The Bertz CT molecular complexity index is 1220. The highest BCUT2D eigenvalue weighted by Gasteiger charge is 2.23. The fourth-order valence-electron chi connectivity index (χ4n) is 3.61. The van der Waals surface area contributed by atoms with Crippen LogP contribution in [0.4, 0.5) is 11.6 Å². The van der Waals surface area contributed by atoms with Crippen molar-refractivity contribution in [2.75, 3.05) is 52.0 Å². The number of benzene rings is 1. The number of nitrogens with one attached hydrogen (secondary N) is 2. The van der Waals surface area contributed by atoms with Crippen LogP contribution < -0.4 is 30.0 Å². The summed E-state index contributed by atoms with van der Waals surface area (Å²) in [6.45, 7) is 10.5. The number of rotatable bonds is 13. The zero-order chi connectivity index (χ0) is 27.9. The van der Waals surface area contributed by atoms with Crippen molar-refractivity contribution < 1.29 is 23.4 Å². The molecule has 1 aromatic carbocycles. The summed E-state index contributed by atoms with van der Waals surface area (Å²) in [6, 6.07) is 10.6. The minimum absolute atomic E-state index is 0.0621. The SMILES string of the molecule is CC[Si](C)(C)c1ccc(C)c(Oc2ccc(C(=O)Nc3c(OC)nc(NCCCN(C)C)nc3OC)o2)c1. The van der Waals surface area contributed by atoms with Crippen molar-refractivity contribution in [3.8, 4) is 23.5 Å². The van der Waals surface area contributed by atoms with Gasteiger partial charge in [0.25, 0.3) is 11.9 Å². The fraction of sp³-hybridized carbons (Fsp3) is 0.444. The molecule has 0 atom stereocenters. The smallest absolute Gasteiger partial charge is 0.291 e. The molecule has 2 N–H and O–H groups in total. The van der Waals surface area contributed by atoms with Crippen LogP contribution in [0.5, 0.6) is 23.5 Å². The number of methoxy groups -OCH3 is 2. The lowest BCUT2D eigenvalue weighted by Gasteiger charge is -2.22. The molecular formula is C27H39N5O5Si. The lowest BCUT2D eigenvalue weighted by molar-refractivity contribution is 0.0990. The second-order valence-electron chi connectivity index (χ2n) is 9.92. The normalized spacial score (nSPS) is 11.4. The zero-order valence-corrected chi connectivity index (χ0v) is 24.6. The molecule has 2 aromatic heterocycles. The van der Waals surface area contributed by atoms with Gasteiger partial charge in [0.15, 0.2) is 11.4 Å². The molecule has 11 heteroatoms. The van der Waals surface area contributed by atoms with Gasteiger partial charge in [0.1, 0.15) is 5.75 Å². The first-order valence-corrected chi connectivity index (χ1v) is 15.9. The molecule has 0 bridgehead atoms. The third-order valence-electron chi connectivity index (χ3n) is 6.40. The van der Waals surface area contributed by atoms with Gasteiger partial charge in [0, 0.05) is 12.6 Å². The highest BCUT2D eigenvalue weighted by molar-refractivity contribution is 6.89. The first-order valence-electron chi connectivity index (χ1n) is 12.7. The molecule has 10 nitrogen and oxygen atoms in total. The number of anilines is 2. The summed E-state index contributed by atoms with van der Waals surface area (Å²) in [5.41, 5.74) is 1.19. The second kappa shape index (κ2) is 12.8. The lowest BCUT2D eigenvalue weighted by atomic mass is 10.2. The summed E-state index contributed by atoms with van der Waals surface area (Å²) in [4.78, 5) is 23.9. The highest BCUT2D eigenvalue weighted by atomic mass is 28.3. The Morgan fingerprint density at radius 2 is 1.76 bits per heavy atom. The van der Waals surface area contributed by atoms with E-state index in [-0.39, 0.29) is 29.2 Å². The summed E-state index contributed by atoms with van der Waals surface area (Å²) in [6.07, 6.45) is 0.907. The molecule has 2 heterocycles. The van der Waals surface area contributed by atoms with Gasteiger partial charge in [0.05, 0.1) is 22.3 Å². The number of hydrogen-bond donors (Lipinski definition) is 2. The zero-order valence-electron chi connectivity index (χ0n) is 23.6. The molecule has 3 aromatic rings. The Morgan fingerprint density at radius 3 is 2.37 bits per heavy atom. The average Bonchev–Trinajstić information content (AvgIpc) is 3.36. The fourth-order valence-corrected chi connectivity index (χ4v) is 5.08. The first-order chi connectivity index (χ1) is 18.1. The molecule has 0 fully saturated rings. The third kappa shape index (κ3) is 7.26. The summed E-state index contributed by atoms with van der Waals surface area (Å²) in [5.74, 6) is 1.15. The molecule has 0 aliphatic heterocycles. The molecule has 0 radical (unpaired) electrons. The number of furan rings is 1. The molecule has 0 aliphatic carbocycles. The summed E-state index contributed by atoms with van der Waals surface area (Å²) >= 11 is 0. The van der Waals surface area contributed by atoms with Gasteiger partial charge in [-0.05, 0) is 51.7 Å². The summed E-state index contributed by atoms with van der Waals surface area (Å²) < 4.78 is 22.6. The van der Waals surface area contributed by atoms with Crippen molar-refractivity contribution in [2.45, 2.75) is 39.4 Å². The third-order valence-corrected chi connectivity index (χ3v) is 10.0. The number of nitrogens with zero attached hydrogens (tertiary/aromatic N) is 3. The monoisotopic (exact) mass is 541 g/mol. The predicted octanol–water partition coefficient (Wildman–Crippen LogP) is 4.74. The molecule has 0 unspecified atom stereocenters. The van der Waals surface area contributed by atoms with E-state index < -0.39 is 14.0 Å². The van der Waals surface area contributed by atoms with Crippen molar-refractivity contribution in [1.29, 1.82) is 0 Å². The first kappa shape index (κ1) is 29.0. The Morgan fingerprint density at radius 1 is 1.08 bits per heavy atom. The van der Waals surface area contributed by atoms with E-state index in [0.717, 1.165) is 24.6 Å². The van der Waals surface area contributed by atoms with Crippen molar-refractivity contribution >= 4 is 30.8 Å². The molecule has 0 saturated carbocycles. The van der Waals surface area contributed by atoms with E-state index in [1.165, 1.54) is 19.4 Å². The van der Waals surface area contributed by atoms with Gasteiger partial charge in [0.2, 0.25) is 17.7 Å². The molecule has 1 amide bonds. The number of hydrogen-bond acceptors (Lipinski definition) is 9. The quantitative estimate of drug-likeness (QED) is 0.234. The van der Waals surface area contributed by atoms with E-state index in [9.17, 15) is 4.79 Å². The standard InChI is InChI=1S/C27H39N5O5Si/c1-9-38(7,8)19-12-11-18(2)21(17-19)37-22-14-13-20(36-22)24(33)29-23-25(34-5)30-27(31-26(23)35-6)28-15-10-16-32(3)4/h11-14,17H,9-10,15-16H2,1-8H3,(H,29,33)(H,28,30,31). The number of amides is 1. The Hall–Kier alpha value is -3.57. The average molecular weight is 542 g/mol. The Kier molecular flexibility index (Phi) is 9.76. The van der Waals surface area contributed by atoms with Crippen LogP contribution in [-0.2, 0) is 0 Å². The number of carbonyl (C=O) groups excluding carboxylic acids is 1. The second-order valence-corrected chi connectivity index (χ2v) is 15.0. The van der Waals surface area contributed by atoms with Gasteiger partial charge in [-0.25, -0.2) is 0 Å². The van der Waals surface area contributed by atoms with E-state index in [4.69, 9.17) is 18.6 Å². The predicted molar refractivity (Wildman–Crippen MR) is 152 cm³/mol. The van der Waals surface area contributed by atoms with E-state index in [1.54, 1.807) is 12.1 Å². The van der Waals surface area contributed by atoms with Gasteiger partial charge in [-0.2, -0.15) is 9.97 Å². The Balaban J connectivity index is 1.75. The molecule has 0 spiro atoms. The van der Waals surface area contributed by atoms with Crippen LogP contribution in [0, 0.1) is 6.92 Å². The maximum absolute atomic E-state index is 13.0. The summed E-state index contributed by atoms with van der Waals surface area (Å²) in [7, 11) is 5.42. The molecule has 38 heavy (non-hydrogen) atoms.